The minimum Gasteiger partial charge on any atom is -0.389 e. The average molecular weight is 361 g/mol. The van der Waals surface area contributed by atoms with E-state index in [1.54, 1.807) is 0 Å². The number of hydrogen-bond donors (Lipinski definition) is 2. The van der Waals surface area contributed by atoms with Crippen LogP contribution in [0.4, 0.5) is 0 Å². The van der Waals surface area contributed by atoms with Crippen molar-refractivity contribution < 1.29 is 10.2 Å². The first kappa shape index (κ1) is 20.1. The first-order chi connectivity index (χ1) is 12.3. The number of rotatable bonds is 3. The van der Waals surface area contributed by atoms with Crippen LogP contribution in [0.3, 0.4) is 0 Å². The standard InChI is InChI=1S/C20H30O2.C4H10/c1-12-6-7-16-14(5-4-8-19(12,16)3)9-18(22)20-11-15(20)10-17(21)13(20)2;1-3-4-2/h9,12,15-18,21-22H,2,4-8,10-11H2,1,3H3;3-4H2,1-2H3/b14-9+;. The predicted octanol–water partition coefficient (Wildman–Crippen LogP) is 5.64. The molecule has 0 aromatic heterocycles. The van der Waals surface area contributed by atoms with Crippen LogP contribution >= 0.6 is 0 Å². The summed E-state index contributed by atoms with van der Waals surface area (Å²) in [7, 11) is 0. The number of aliphatic hydroxyl groups is 2. The monoisotopic (exact) mass is 360 g/mol. The third-order valence-corrected chi connectivity index (χ3v) is 8.50. The van der Waals surface area contributed by atoms with Gasteiger partial charge in [0.25, 0.3) is 0 Å². The highest BCUT2D eigenvalue weighted by Gasteiger charge is 2.65. The molecule has 4 aliphatic rings. The molecule has 0 aromatic rings. The van der Waals surface area contributed by atoms with Crippen LogP contribution in [0.25, 0.3) is 0 Å². The van der Waals surface area contributed by atoms with Gasteiger partial charge in [-0.25, -0.2) is 0 Å². The zero-order valence-electron chi connectivity index (χ0n) is 17.4. The molecule has 0 spiro atoms. The van der Waals surface area contributed by atoms with Gasteiger partial charge in [-0.1, -0.05) is 58.8 Å². The molecule has 0 saturated heterocycles. The van der Waals surface area contributed by atoms with Crippen molar-refractivity contribution in [2.24, 2.45) is 28.6 Å². The second-order valence-electron chi connectivity index (χ2n) is 9.79. The molecule has 0 aromatic carbocycles. The summed E-state index contributed by atoms with van der Waals surface area (Å²) in [6.45, 7) is 13.3. The van der Waals surface area contributed by atoms with Crippen molar-refractivity contribution in [3.63, 3.8) is 0 Å². The Bertz CT molecular complexity index is 563. The number of fused-ring (bicyclic) bond motifs is 2. The van der Waals surface area contributed by atoms with Gasteiger partial charge in [0.1, 0.15) is 0 Å². The molecule has 0 heterocycles. The Kier molecular flexibility index (Phi) is 5.76. The summed E-state index contributed by atoms with van der Waals surface area (Å²) in [6, 6.07) is 0. The molecule has 2 heteroatoms. The van der Waals surface area contributed by atoms with Crippen LogP contribution in [0, 0.1) is 28.6 Å². The fourth-order valence-electron chi connectivity index (χ4n) is 6.16. The number of unbranched alkanes of at least 4 members (excludes halogenated alkanes) is 1. The van der Waals surface area contributed by atoms with E-state index in [4.69, 9.17) is 0 Å². The molecule has 4 aliphatic carbocycles. The highest BCUT2D eigenvalue weighted by molar-refractivity contribution is 5.37. The van der Waals surface area contributed by atoms with E-state index in [0.717, 1.165) is 30.8 Å². The van der Waals surface area contributed by atoms with Gasteiger partial charge in [-0.3, -0.25) is 0 Å². The Morgan fingerprint density at radius 2 is 1.96 bits per heavy atom. The third-order valence-electron chi connectivity index (χ3n) is 8.50. The molecule has 148 valence electrons. The molecule has 7 atom stereocenters. The Morgan fingerprint density at radius 3 is 2.54 bits per heavy atom. The van der Waals surface area contributed by atoms with Crippen molar-refractivity contribution in [2.75, 3.05) is 0 Å². The van der Waals surface area contributed by atoms with E-state index in [-0.39, 0.29) is 5.41 Å². The predicted molar refractivity (Wildman–Crippen MR) is 109 cm³/mol. The normalized spacial score (nSPS) is 46.4. The van der Waals surface area contributed by atoms with Crippen molar-refractivity contribution in [3.8, 4) is 0 Å². The molecule has 4 saturated carbocycles. The Labute approximate surface area is 160 Å². The molecular formula is C24H40O2. The largest absolute Gasteiger partial charge is 0.389 e. The molecule has 26 heavy (non-hydrogen) atoms. The third kappa shape index (κ3) is 3.11. The zero-order valence-corrected chi connectivity index (χ0v) is 17.4. The molecular weight excluding hydrogens is 320 g/mol. The van der Waals surface area contributed by atoms with Gasteiger partial charge >= 0.3 is 0 Å². The molecule has 4 rings (SSSR count). The maximum Gasteiger partial charge on any atom is 0.0820 e. The lowest BCUT2D eigenvalue weighted by atomic mass is 9.63. The molecule has 0 amide bonds. The van der Waals surface area contributed by atoms with E-state index in [1.807, 2.05) is 0 Å². The van der Waals surface area contributed by atoms with Crippen molar-refractivity contribution in [1.82, 2.24) is 0 Å². The summed E-state index contributed by atoms with van der Waals surface area (Å²) in [6.07, 6.45) is 12.2. The summed E-state index contributed by atoms with van der Waals surface area (Å²) >= 11 is 0. The van der Waals surface area contributed by atoms with Crippen LogP contribution in [0.5, 0.6) is 0 Å². The van der Waals surface area contributed by atoms with Gasteiger partial charge in [0.05, 0.1) is 12.2 Å². The molecule has 2 nitrogen and oxygen atoms in total. The van der Waals surface area contributed by atoms with E-state index in [2.05, 4.69) is 40.3 Å². The summed E-state index contributed by atoms with van der Waals surface area (Å²) < 4.78 is 0. The number of aliphatic hydroxyl groups excluding tert-OH is 2. The van der Waals surface area contributed by atoms with Gasteiger partial charge < -0.3 is 10.2 Å². The van der Waals surface area contributed by atoms with Gasteiger partial charge in [-0.2, -0.15) is 0 Å². The van der Waals surface area contributed by atoms with Crippen LogP contribution in [0.15, 0.2) is 23.8 Å². The van der Waals surface area contributed by atoms with Crippen LogP contribution in [-0.2, 0) is 0 Å². The van der Waals surface area contributed by atoms with E-state index < -0.39 is 12.2 Å². The summed E-state index contributed by atoms with van der Waals surface area (Å²) in [4.78, 5) is 0. The Hall–Kier alpha value is -0.600. The first-order valence-corrected chi connectivity index (χ1v) is 11.1. The van der Waals surface area contributed by atoms with E-state index in [1.165, 1.54) is 44.1 Å². The molecule has 0 aliphatic heterocycles. The van der Waals surface area contributed by atoms with Gasteiger partial charge in [0, 0.05) is 5.41 Å². The molecule has 0 radical (unpaired) electrons. The highest BCUT2D eigenvalue weighted by atomic mass is 16.3. The lowest BCUT2D eigenvalue weighted by molar-refractivity contribution is 0.129. The smallest absolute Gasteiger partial charge is 0.0820 e. The summed E-state index contributed by atoms with van der Waals surface area (Å²) in [5.41, 5.74) is 2.64. The van der Waals surface area contributed by atoms with Crippen molar-refractivity contribution >= 4 is 0 Å². The van der Waals surface area contributed by atoms with Crippen LogP contribution in [0.1, 0.15) is 85.5 Å². The molecule has 2 N–H and O–H groups in total. The fraction of sp³-hybridized carbons (Fsp3) is 0.833. The van der Waals surface area contributed by atoms with Crippen molar-refractivity contribution in [1.29, 1.82) is 0 Å². The average Bonchev–Trinajstić information content (AvgIpc) is 3.18. The van der Waals surface area contributed by atoms with E-state index in [9.17, 15) is 10.2 Å². The van der Waals surface area contributed by atoms with Crippen LogP contribution < -0.4 is 0 Å². The summed E-state index contributed by atoms with van der Waals surface area (Å²) in [5.74, 6) is 1.92. The van der Waals surface area contributed by atoms with Gasteiger partial charge in [0.2, 0.25) is 0 Å². The van der Waals surface area contributed by atoms with Crippen LogP contribution in [0.2, 0.25) is 0 Å². The van der Waals surface area contributed by atoms with Gasteiger partial charge in [-0.05, 0) is 73.7 Å². The number of allylic oxidation sites excluding steroid dienone is 1. The molecule has 0 bridgehead atoms. The highest BCUT2D eigenvalue weighted by Crippen LogP contribution is 2.68. The maximum absolute atomic E-state index is 10.9. The van der Waals surface area contributed by atoms with Crippen molar-refractivity contribution in [3.05, 3.63) is 23.8 Å². The van der Waals surface area contributed by atoms with E-state index >= 15 is 0 Å². The first-order valence-electron chi connectivity index (χ1n) is 11.1. The Balaban J connectivity index is 0.000000447. The summed E-state index contributed by atoms with van der Waals surface area (Å²) in [5, 5.41) is 20.9. The second-order valence-corrected chi connectivity index (χ2v) is 9.79. The van der Waals surface area contributed by atoms with Crippen molar-refractivity contribution in [2.45, 2.75) is 97.7 Å². The topological polar surface area (TPSA) is 40.5 Å². The quantitative estimate of drug-likeness (QED) is 0.639. The lowest BCUT2D eigenvalue weighted by Gasteiger charge is -2.42. The molecule has 4 fully saturated rings. The lowest BCUT2D eigenvalue weighted by Crippen LogP contribution is -2.33. The fourth-order valence-corrected chi connectivity index (χ4v) is 6.16. The zero-order chi connectivity index (χ0) is 19.1. The van der Waals surface area contributed by atoms with Gasteiger partial charge in [0.15, 0.2) is 0 Å². The number of hydrogen-bond acceptors (Lipinski definition) is 2. The maximum atomic E-state index is 10.9. The minimum absolute atomic E-state index is 0.190. The molecule has 7 unspecified atom stereocenters. The van der Waals surface area contributed by atoms with Crippen LogP contribution in [-0.4, -0.2) is 22.4 Å². The second kappa shape index (κ2) is 7.43. The van der Waals surface area contributed by atoms with E-state index in [0.29, 0.717) is 17.3 Å². The minimum atomic E-state index is -0.435. The SMILES string of the molecule is C=C1C(O)CC2CC12C(O)/C=C1\CCCC2(C)C(C)CCC12.CCCC. The van der Waals surface area contributed by atoms with Gasteiger partial charge in [-0.15, -0.1) is 0 Å². The Morgan fingerprint density at radius 1 is 1.27 bits per heavy atom.